The molecule has 4 saturated carbocycles. The third kappa shape index (κ3) is 4.00. The molecule has 4 aliphatic carbocycles. The number of aromatic nitrogens is 2. The van der Waals surface area contributed by atoms with E-state index in [0.717, 1.165) is 61.9 Å². The molecule has 5 aliphatic rings. The highest BCUT2D eigenvalue weighted by Gasteiger charge is 2.50. The molecule has 1 N–H and O–H groups in total. The van der Waals surface area contributed by atoms with Gasteiger partial charge in [0.1, 0.15) is 17.9 Å². The normalized spacial score (nSPS) is 30.8. The monoisotopic (exact) mass is 432 g/mol. The smallest absolute Gasteiger partial charge is 0.132 e. The first kappa shape index (κ1) is 20.5. The third-order valence-corrected chi connectivity index (χ3v) is 8.50. The van der Waals surface area contributed by atoms with Crippen molar-refractivity contribution in [2.45, 2.75) is 65.0 Å². The summed E-state index contributed by atoms with van der Waals surface area (Å²) in [5, 5.41) is 3.83. The van der Waals surface area contributed by atoms with E-state index < -0.39 is 0 Å². The summed E-state index contributed by atoms with van der Waals surface area (Å²) in [4.78, 5) is 11.9. The van der Waals surface area contributed by atoms with Crippen molar-refractivity contribution in [2.75, 3.05) is 25.0 Å². The van der Waals surface area contributed by atoms with Gasteiger partial charge in [0.15, 0.2) is 0 Å². The Morgan fingerprint density at radius 1 is 1.09 bits per heavy atom. The summed E-state index contributed by atoms with van der Waals surface area (Å²) >= 11 is 0. The maximum atomic E-state index is 5.67. The standard InChI is InChI=1S/C27H36N4O/c1-2-32-23-5-3-4-19(11-23)15-31-7-6-24-25(16-31)29-18-30-26(24)28-17-27-12-20-8-21(13-27)10-22(9-20)14-27/h3-5,11,18,20-22H,2,6-10,12-17H2,1H3,(H,28,29,30). The zero-order valence-corrected chi connectivity index (χ0v) is 19.4. The van der Waals surface area contributed by atoms with Gasteiger partial charge in [-0.3, -0.25) is 4.90 Å². The first-order chi connectivity index (χ1) is 15.7. The fourth-order valence-electron chi connectivity index (χ4n) is 7.63. The Kier molecular flexibility index (Phi) is 5.33. The van der Waals surface area contributed by atoms with Crippen molar-refractivity contribution in [1.29, 1.82) is 0 Å². The number of fused-ring (bicyclic) bond motifs is 1. The second kappa shape index (κ2) is 8.33. The lowest BCUT2D eigenvalue weighted by Crippen LogP contribution is -2.49. The molecule has 1 aromatic heterocycles. The Labute approximate surface area is 192 Å². The van der Waals surface area contributed by atoms with Gasteiger partial charge in [0.2, 0.25) is 0 Å². The van der Waals surface area contributed by atoms with Crippen LogP contribution >= 0.6 is 0 Å². The lowest BCUT2D eigenvalue weighted by atomic mass is 9.49. The minimum atomic E-state index is 0.527. The number of anilines is 1. The maximum Gasteiger partial charge on any atom is 0.132 e. The summed E-state index contributed by atoms with van der Waals surface area (Å²) in [6.07, 6.45) is 11.6. The quantitative estimate of drug-likeness (QED) is 0.663. The molecule has 1 aliphatic heterocycles. The van der Waals surface area contributed by atoms with Crippen LogP contribution in [0.2, 0.25) is 0 Å². The number of ether oxygens (including phenoxy) is 1. The van der Waals surface area contributed by atoms with Gasteiger partial charge in [-0.25, -0.2) is 9.97 Å². The van der Waals surface area contributed by atoms with Crippen LogP contribution in [0.5, 0.6) is 5.75 Å². The molecule has 0 atom stereocenters. The van der Waals surface area contributed by atoms with Gasteiger partial charge in [-0.2, -0.15) is 0 Å². The van der Waals surface area contributed by atoms with Crippen molar-refractivity contribution in [2.24, 2.45) is 23.2 Å². The minimum absolute atomic E-state index is 0.527. The van der Waals surface area contributed by atoms with E-state index in [2.05, 4.69) is 33.4 Å². The van der Waals surface area contributed by atoms with E-state index >= 15 is 0 Å². The molecule has 0 radical (unpaired) electrons. The Balaban J connectivity index is 1.12. The topological polar surface area (TPSA) is 50.3 Å². The summed E-state index contributed by atoms with van der Waals surface area (Å²) < 4.78 is 5.67. The van der Waals surface area contributed by atoms with Crippen LogP contribution in [0.4, 0.5) is 5.82 Å². The number of nitrogens with one attached hydrogen (secondary N) is 1. The van der Waals surface area contributed by atoms with E-state index in [-0.39, 0.29) is 0 Å². The molecule has 32 heavy (non-hydrogen) atoms. The summed E-state index contributed by atoms with van der Waals surface area (Å²) in [6, 6.07) is 8.48. The largest absolute Gasteiger partial charge is 0.494 e. The van der Waals surface area contributed by atoms with Crippen LogP contribution in [0.3, 0.4) is 0 Å². The van der Waals surface area contributed by atoms with Crippen molar-refractivity contribution in [3.8, 4) is 5.75 Å². The summed E-state index contributed by atoms with van der Waals surface area (Å²) in [5.41, 5.74) is 4.36. The van der Waals surface area contributed by atoms with Gasteiger partial charge in [-0.05, 0) is 92.7 Å². The molecule has 5 nitrogen and oxygen atoms in total. The summed E-state index contributed by atoms with van der Waals surface area (Å²) in [7, 11) is 0. The molecule has 4 bridgehead atoms. The number of benzene rings is 1. The van der Waals surface area contributed by atoms with Gasteiger partial charge in [0, 0.05) is 31.7 Å². The molecule has 4 fully saturated rings. The number of rotatable bonds is 7. The van der Waals surface area contributed by atoms with Crippen molar-refractivity contribution in [3.05, 3.63) is 47.4 Å². The highest BCUT2D eigenvalue weighted by atomic mass is 16.5. The zero-order valence-electron chi connectivity index (χ0n) is 19.4. The van der Waals surface area contributed by atoms with Gasteiger partial charge >= 0.3 is 0 Å². The van der Waals surface area contributed by atoms with E-state index in [1.54, 1.807) is 6.33 Å². The number of nitrogens with zero attached hydrogens (tertiary/aromatic N) is 3. The summed E-state index contributed by atoms with van der Waals surface area (Å²) in [5.74, 6) is 5.05. The lowest BCUT2D eigenvalue weighted by Gasteiger charge is -2.57. The molecule has 0 unspecified atom stereocenters. The van der Waals surface area contributed by atoms with Crippen LogP contribution in [0.15, 0.2) is 30.6 Å². The van der Waals surface area contributed by atoms with E-state index in [9.17, 15) is 0 Å². The summed E-state index contributed by atoms with van der Waals surface area (Å²) in [6.45, 7) is 6.71. The van der Waals surface area contributed by atoms with Gasteiger partial charge in [0.05, 0.1) is 12.3 Å². The average molecular weight is 433 g/mol. The van der Waals surface area contributed by atoms with Crippen LogP contribution in [-0.2, 0) is 19.5 Å². The average Bonchev–Trinajstić information content (AvgIpc) is 2.77. The van der Waals surface area contributed by atoms with Crippen molar-refractivity contribution in [1.82, 2.24) is 14.9 Å². The third-order valence-electron chi connectivity index (χ3n) is 8.50. The Morgan fingerprint density at radius 2 is 1.88 bits per heavy atom. The van der Waals surface area contributed by atoms with Crippen LogP contribution in [0.1, 0.15) is 62.3 Å². The second-order valence-corrected chi connectivity index (χ2v) is 11.0. The minimum Gasteiger partial charge on any atom is -0.494 e. The molecular formula is C27H36N4O. The maximum absolute atomic E-state index is 5.67. The van der Waals surface area contributed by atoms with Crippen LogP contribution < -0.4 is 10.1 Å². The van der Waals surface area contributed by atoms with Crippen molar-refractivity contribution < 1.29 is 4.74 Å². The van der Waals surface area contributed by atoms with E-state index in [1.807, 2.05) is 13.0 Å². The van der Waals surface area contributed by atoms with E-state index in [4.69, 9.17) is 9.72 Å². The van der Waals surface area contributed by atoms with Gasteiger partial charge in [0.25, 0.3) is 0 Å². The zero-order chi connectivity index (χ0) is 21.5. The van der Waals surface area contributed by atoms with Crippen LogP contribution in [0, 0.1) is 23.2 Å². The molecule has 2 aromatic rings. The molecular weight excluding hydrogens is 396 g/mol. The Hall–Kier alpha value is -2.14. The molecule has 5 heteroatoms. The highest BCUT2D eigenvalue weighted by molar-refractivity contribution is 5.47. The van der Waals surface area contributed by atoms with Crippen LogP contribution in [-0.4, -0.2) is 34.6 Å². The van der Waals surface area contributed by atoms with Crippen molar-refractivity contribution >= 4 is 5.82 Å². The lowest BCUT2D eigenvalue weighted by molar-refractivity contribution is -0.0444. The second-order valence-electron chi connectivity index (χ2n) is 11.0. The van der Waals surface area contributed by atoms with E-state index in [0.29, 0.717) is 12.0 Å². The number of hydrogen-bond acceptors (Lipinski definition) is 5. The first-order valence-electron chi connectivity index (χ1n) is 12.7. The molecule has 0 amide bonds. The van der Waals surface area contributed by atoms with Gasteiger partial charge in [-0.1, -0.05) is 12.1 Å². The van der Waals surface area contributed by atoms with Crippen molar-refractivity contribution in [3.63, 3.8) is 0 Å². The first-order valence-corrected chi connectivity index (χ1v) is 12.7. The Bertz CT molecular complexity index is 939. The molecule has 2 heterocycles. The predicted molar refractivity (Wildman–Crippen MR) is 127 cm³/mol. The Morgan fingerprint density at radius 3 is 2.62 bits per heavy atom. The van der Waals surface area contributed by atoms with Gasteiger partial charge < -0.3 is 10.1 Å². The molecule has 1 aromatic carbocycles. The highest BCUT2D eigenvalue weighted by Crippen LogP contribution is 2.59. The molecule has 7 rings (SSSR count). The fourth-order valence-corrected chi connectivity index (χ4v) is 7.63. The number of hydrogen-bond donors (Lipinski definition) is 1. The molecule has 170 valence electrons. The fraction of sp³-hybridized carbons (Fsp3) is 0.630. The molecule has 0 saturated heterocycles. The van der Waals surface area contributed by atoms with E-state index in [1.165, 1.54) is 55.3 Å². The molecule has 0 spiro atoms. The van der Waals surface area contributed by atoms with Crippen LogP contribution in [0.25, 0.3) is 0 Å². The SMILES string of the molecule is CCOc1cccc(CN2CCc3c(ncnc3NCC34CC5CC(CC(C5)C3)C4)C2)c1. The van der Waals surface area contributed by atoms with Gasteiger partial charge in [-0.15, -0.1) is 0 Å². The predicted octanol–water partition coefficient (Wildman–Crippen LogP) is 5.06.